The predicted molar refractivity (Wildman–Crippen MR) is 80.0 cm³/mol. The lowest BCUT2D eigenvalue weighted by Crippen LogP contribution is -2.44. The Labute approximate surface area is 119 Å². The maximum atomic E-state index is 4.97. The highest BCUT2D eigenvalue weighted by molar-refractivity contribution is 5.77. The minimum absolute atomic E-state index is 0.669. The van der Waals surface area contributed by atoms with Crippen molar-refractivity contribution in [1.29, 1.82) is 0 Å². The molecule has 2 atom stereocenters. The average molecular weight is 267 g/mol. The molecule has 2 bridgehead atoms. The van der Waals surface area contributed by atoms with Crippen LogP contribution in [-0.4, -0.2) is 33.1 Å². The number of hydrogen-bond acceptors (Lipinski definition) is 2. The summed E-state index contributed by atoms with van der Waals surface area (Å²) in [5.74, 6) is 2.02. The molecule has 3 nitrogen and oxygen atoms in total. The van der Waals surface area contributed by atoms with E-state index in [9.17, 15) is 0 Å². The SMILES string of the molecule is Cc1ccc2c(c1)nc1n2CC2CC1CN2C1CCC1. The van der Waals surface area contributed by atoms with E-state index < -0.39 is 0 Å². The van der Waals surface area contributed by atoms with Crippen LogP contribution in [0.15, 0.2) is 18.2 Å². The van der Waals surface area contributed by atoms with E-state index in [2.05, 4.69) is 34.6 Å². The number of aromatic nitrogens is 2. The van der Waals surface area contributed by atoms with Gasteiger partial charge in [0.15, 0.2) is 0 Å². The lowest BCUT2D eigenvalue weighted by atomic mass is 9.91. The van der Waals surface area contributed by atoms with Crippen LogP contribution < -0.4 is 0 Å². The van der Waals surface area contributed by atoms with Crippen molar-refractivity contribution in [3.63, 3.8) is 0 Å². The summed E-state index contributed by atoms with van der Waals surface area (Å²) in [6, 6.07) is 8.36. The zero-order chi connectivity index (χ0) is 13.3. The van der Waals surface area contributed by atoms with E-state index in [-0.39, 0.29) is 0 Å². The molecule has 0 radical (unpaired) electrons. The van der Waals surface area contributed by atoms with Crippen molar-refractivity contribution in [3.05, 3.63) is 29.6 Å². The van der Waals surface area contributed by atoms with Crippen molar-refractivity contribution in [1.82, 2.24) is 14.5 Å². The first kappa shape index (κ1) is 11.3. The van der Waals surface area contributed by atoms with Crippen LogP contribution in [0.4, 0.5) is 0 Å². The van der Waals surface area contributed by atoms with Crippen LogP contribution >= 0.6 is 0 Å². The van der Waals surface area contributed by atoms with Gasteiger partial charge in [-0.25, -0.2) is 4.98 Å². The van der Waals surface area contributed by atoms with E-state index in [1.807, 2.05) is 0 Å². The average Bonchev–Trinajstić information content (AvgIpc) is 2.88. The Bertz CT molecular complexity index is 683. The van der Waals surface area contributed by atoms with Crippen LogP contribution in [0.25, 0.3) is 11.0 Å². The van der Waals surface area contributed by atoms with Crippen LogP contribution in [0.3, 0.4) is 0 Å². The fraction of sp³-hybridized carbons (Fsp3) is 0.588. The lowest BCUT2D eigenvalue weighted by Gasteiger charge is -2.38. The van der Waals surface area contributed by atoms with Crippen LogP contribution in [-0.2, 0) is 6.54 Å². The summed E-state index contributed by atoms with van der Waals surface area (Å²) in [4.78, 5) is 7.76. The third kappa shape index (κ3) is 1.42. The Balaban J connectivity index is 1.58. The van der Waals surface area contributed by atoms with Gasteiger partial charge < -0.3 is 4.57 Å². The van der Waals surface area contributed by atoms with Gasteiger partial charge in [-0.15, -0.1) is 0 Å². The summed E-state index contributed by atoms with van der Waals surface area (Å²) in [5.41, 5.74) is 3.85. The molecule has 1 saturated carbocycles. The van der Waals surface area contributed by atoms with Gasteiger partial charge in [0, 0.05) is 31.1 Å². The van der Waals surface area contributed by atoms with E-state index in [0.717, 1.165) is 18.6 Å². The highest BCUT2D eigenvalue weighted by Crippen LogP contribution is 2.42. The molecule has 1 aliphatic carbocycles. The van der Waals surface area contributed by atoms with Gasteiger partial charge in [0.25, 0.3) is 0 Å². The van der Waals surface area contributed by atoms with Crippen molar-refractivity contribution in [2.45, 2.75) is 57.2 Å². The minimum atomic E-state index is 0.669. The fourth-order valence-electron chi connectivity index (χ4n) is 4.45. The minimum Gasteiger partial charge on any atom is -0.326 e. The molecule has 2 aromatic rings. The smallest absolute Gasteiger partial charge is 0.114 e. The first-order chi connectivity index (χ1) is 9.79. The molecule has 104 valence electrons. The molecule has 1 saturated heterocycles. The number of likely N-dealkylation sites (tertiary alicyclic amines) is 1. The van der Waals surface area contributed by atoms with Crippen LogP contribution in [0, 0.1) is 6.92 Å². The van der Waals surface area contributed by atoms with Crippen molar-refractivity contribution >= 4 is 11.0 Å². The maximum absolute atomic E-state index is 4.97. The summed E-state index contributed by atoms with van der Waals surface area (Å²) in [5, 5.41) is 0. The number of fused-ring (bicyclic) bond motifs is 6. The van der Waals surface area contributed by atoms with Crippen molar-refractivity contribution in [2.24, 2.45) is 0 Å². The van der Waals surface area contributed by atoms with Crippen LogP contribution in [0.1, 0.15) is 43.0 Å². The van der Waals surface area contributed by atoms with E-state index in [1.165, 1.54) is 54.6 Å². The van der Waals surface area contributed by atoms with Gasteiger partial charge in [-0.3, -0.25) is 4.90 Å². The predicted octanol–water partition coefficient (Wildman–Crippen LogP) is 3.07. The number of hydrogen-bond donors (Lipinski definition) is 0. The topological polar surface area (TPSA) is 21.1 Å². The van der Waals surface area contributed by atoms with Gasteiger partial charge in [-0.1, -0.05) is 12.5 Å². The largest absolute Gasteiger partial charge is 0.326 e. The van der Waals surface area contributed by atoms with E-state index >= 15 is 0 Å². The third-order valence-corrected chi connectivity index (χ3v) is 5.69. The summed E-state index contributed by atoms with van der Waals surface area (Å²) < 4.78 is 2.51. The molecule has 3 heteroatoms. The molecule has 0 N–H and O–H groups in total. The maximum Gasteiger partial charge on any atom is 0.114 e. The second-order valence-electron chi connectivity index (χ2n) is 6.94. The van der Waals surface area contributed by atoms with Crippen molar-refractivity contribution in [2.75, 3.05) is 6.54 Å². The number of rotatable bonds is 1. The zero-order valence-electron chi connectivity index (χ0n) is 12.0. The fourth-order valence-corrected chi connectivity index (χ4v) is 4.45. The Morgan fingerprint density at radius 3 is 2.85 bits per heavy atom. The van der Waals surface area contributed by atoms with E-state index in [4.69, 9.17) is 4.98 Å². The molecule has 2 fully saturated rings. The summed E-state index contributed by atoms with van der Waals surface area (Å²) >= 11 is 0. The number of imidazole rings is 1. The molecule has 20 heavy (non-hydrogen) atoms. The van der Waals surface area contributed by atoms with Crippen molar-refractivity contribution < 1.29 is 0 Å². The summed E-state index contributed by atoms with van der Waals surface area (Å²) in [7, 11) is 0. The highest BCUT2D eigenvalue weighted by atomic mass is 15.3. The number of aryl methyl sites for hydroxylation is 1. The molecule has 2 unspecified atom stereocenters. The van der Waals surface area contributed by atoms with Gasteiger partial charge >= 0.3 is 0 Å². The number of nitrogens with zero attached hydrogens (tertiary/aromatic N) is 3. The third-order valence-electron chi connectivity index (χ3n) is 5.69. The van der Waals surface area contributed by atoms with Gasteiger partial charge in [-0.2, -0.15) is 0 Å². The Hall–Kier alpha value is -1.35. The van der Waals surface area contributed by atoms with Gasteiger partial charge in [0.2, 0.25) is 0 Å². The summed E-state index contributed by atoms with van der Waals surface area (Å²) in [6.07, 6.45) is 5.61. The molecule has 0 amide bonds. The zero-order valence-corrected chi connectivity index (χ0v) is 12.0. The molecule has 3 heterocycles. The molecule has 3 aliphatic rings. The Morgan fingerprint density at radius 1 is 1.15 bits per heavy atom. The standard InChI is InChI=1S/C17H21N3/c1-11-5-6-16-15(7-11)18-17-12-8-14(10-20(16)17)19(9-12)13-3-2-4-13/h5-7,12-14H,2-4,8-10H2,1H3. The van der Waals surface area contributed by atoms with Crippen LogP contribution in [0.5, 0.6) is 0 Å². The summed E-state index contributed by atoms with van der Waals surface area (Å²) in [6.45, 7) is 4.56. The highest BCUT2D eigenvalue weighted by Gasteiger charge is 2.44. The molecule has 2 aliphatic heterocycles. The van der Waals surface area contributed by atoms with Crippen molar-refractivity contribution in [3.8, 4) is 0 Å². The molecule has 0 spiro atoms. The first-order valence-electron chi connectivity index (χ1n) is 8.02. The second-order valence-corrected chi connectivity index (χ2v) is 6.94. The Kier molecular flexibility index (Phi) is 2.18. The quantitative estimate of drug-likeness (QED) is 0.792. The van der Waals surface area contributed by atoms with Crippen LogP contribution in [0.2, 0.25) is 0 Å². The molecule has 5 rings (SSSR count). The van der Waals surface area contributed by atoms with Gasteiger partial charge in [-0.05, 0) is 43.9 Å². The second kappa shape index (κ2) is 3.85. The van der Waals surface area contributed by atoms with E-state index in [1.54, 1.807) is 0 Å². The lowest BCUT2D eigenvalue weighted by molar-refractivity contribution is 0.108. The van der Waals surface area contributed by atoms with Gasteiger partial charge in [0.1, 0.15) is 5.82 Å². The van der Waals surface area contributed by atoms with E-state index in [0.29, 0.717) is 5.92 Å². The molecular weight excluding hydrogens is 246 g/mol. The Morgan fingerprint density at radius 2 is 2.05 bits per heavy atom. The molecule has 1 aromatic carbocycles. The normalized spacial score (nSPS) is 29.6. The van der Waals surface area contributed by atoms with Gasteiger partial charge in [0.05, 0.1) is 11.0 Å². The molecular formula is C17H21N3. The number of benzene rings is 1. The molecule has 1 aromatic heterocycles. The monoisotopic (exact) mass is 267 g/mol. The first-order valence-corrected chi connectivity index (χ1v) is 8.02.